The molecule has 5 rings (SSSR count). The quantitative estimate of drug-likeness (QED) is 0.366. The molecule has 0 fully saturated rings. The van der Waals surface area contributed by atoms with Gasteiger partial charge in [-0.05, 0) is 64.9 Å². The Morgan fingerprint density at radius 1 is 1.03 bits per heavy atom. The van der Waals surface area contributed by atoms with Crippen LogP contribution in [0.2, 0.25) is 0 Å². The molecular weight excluding hydrogens is 436 g/mol. The number of hydrogen-bond donors (Lipinski definition) is 2. The summed E-state index contributed by atoms with van der Waals surface area (Å²) in [4.78, 5) is 8.26. The SMILES string of the molecule is C=C(NC(c1ccncc1)c1ccc(OC)cc1)c1ccc2c(C#Cc3cncn3C)n[nH]c2c1. The molecular formula is C28H24N6O. The van der Waals surface area contributed by atoms with Gasteiger partial charge in [0.1, 0.15) is 17.1 Å². The number of H-pyrrole nitrogens is 1. The number of imidazole rings is 1. The van der Waals surface area contributed by atoms with Crippen LogP contribution < -0.4 is 10.1 Å². The van der Waals surface area contributed by atoms with E-state index in [0.29, 0.717) is 5.69 Å². The van der Waals surface area contributed by atoms with Gasteiger partial charge in [-0.25, -0.2) is 4.98 Å². The summed E-state index contributed by atoms with van der Waals surface area (Å²) in [6.07, 6.45) is 7.04. The highest BCUT2D eigenvalue weighted by atomic mass is 16.5. The van der Waals surface area contributed by atoms with E-state index in [-0.39, 0.29) is 6.04 Å². The van der Waals surface area contributed by atoms with Crippen LogP contribution in [-0.4, -0.2) is 31.8 Å². The molecule has 7 heteroatoms. The second-order valence-electron chi connectivity index (χ2n) is 8.08. The van der Waals surface area contributed by atoms with Gasteiger partial charge in [0.15, 0.2) is 0 Å². The zero-order valence-electron chi connectivity index (χ0n) is 19.5. The van der Waals surface area contributed by atoms with Crippen LogP contribution in [0.1, 0.15) is 34.1 Å². The molecule has 7 nitrogen and oxygen atoms in total. The van der Waals surface area contributed by atoms with Gasteiger partial charge in [-0.15, -0.1) is 0 Å². The Labute approximate surface area is 203 Å². The Kier molecular flexibility index (Phi) is 6.01. The van der Waals surface area contributed by atoms with Crippen LogP contribution in [0.3, 0.4) is 0 Å². The molecule has 0 amide bonds. The number of benzene rings is 2. The highest BCUT2D eigenvalue weighted by molar-refractivity contribution is 5.87. The minimum absolute atomic E-state index is 0.103. The molecule has 0 aliphatic rings. The largest absolute Gasteiger partial charge is 0.497 e. The molecule has 1 unspecified atom stereocenters. The first-order valence-electron chi connectivity index (χ1n) is 11.1. The molecule has 3 heterocycles. The Balaban J connectivity index is 1.42. The van der Waals surface area contributed by atoms with E-state index in [0.717, 1.165) is 44.7 Å². The molecule has 0 spiro atoms. The number of pyridine rings is 1. The standard InChI is InChI=1S/C28H24N6O/c1-19(31-28(21-12-14-29-15-13-21)20-4-8-24(35-3)9-5-20)22-6-10-25-26(32-33-27(25)16-22)11-7-23-17-30-18-34(23)2/h4-6,8-10,12-18,28,31H,1H2,2-3H3,(H,32,33). The van der Waals surface area contributed by atoms with Crippen molar-refractivity contribution in [1.82, 2.24) is 30.0 Å². The minimum atomic E-state index is -0.103. The van der Waals surface area contributed by atoms with E-state index in [4.69, 9.17) is 4.74 Å². The zero-order chi connectivity index (χ0) is 24.2. The minimum Gasteiger partial charge on any atom is -0.497 e. The van der Waals surface area contributed by atoms with Crippen molar-refractivity contribution in [2.24, 2.45) is 7.05 Å². The molecule has 0 aliphatic heterocycles. The van der Waals surface area contributed by atoms with Crippen LogP contribution in [0, 0.1) is 11.8 Å². The number of methoxy groups -OCH3 is 1. The smallest absolute Gasteiger partial charge is 0.143 e. The fourth-order valence-electron chi connectivity index (χ4n) is 3.87. The van der Waals surface area contributed by atoms with E-state index in [1.165, 1.54) is 0 Å². The average Bonchev–Trinajstić information content (AvgIpc) is 3.51. The monoisotopic (exact) mass is 460 g/mol. The normalized spacial score (nSPS) is 11.5. The summed E-state index contributed by atoms with van der Waals surface area (Å²) in [5.41, 5.74) is 6.34. The van der Waals surface area contributed by atoms with Gasteiger partial charge in [0.05, 0.1) is 31.2 Å². The fourth-order valence-corrected chi connectivity index (χ4v) is 3.87. The van der Waals surface area contributed by atoms with Gasteiger partial charge in [-0.2, -0.15) is 5.10 Å². The number of fused-ring (bicyclic) bond motifs is 1. The maximum absolute atomic E-state index is 5.32. The molecule has 0 radical (unpaired) electrons. The summed E-state index contributed by atoms with van der Waals surface area (Å²) in [5.74, 6) is 7.07. The Hall–Kier alpha value is -4.83. The number of aromatic amines is 1. The van der Waals surface area contributed by atoms with Crippen molar-refractivity contribution in [3.8, 4) is 17.6 Å². The van der Waals surface area contributed by atoms with Crippen LogP contribution in [0.4, 0.5) is 0 Å². The number of hydrogen-bond acceptors (Lipinski definition) is 5. The van der Waals surface area contributed by atoms with Crippen LogP contribution in [-0.2, 0) is 7.05 Å². The summed E-state index contributed by atoms with van der Waals surface area (Å²) in [7, 11) is 3.58. The van der Waals surface area contributed by atoms with E-state index in [1.807, 2.05) is 54.1 Å². The fraction of sp³-hybridized carbons (Fsp3) is 0.107. The average molecular weight is 461 g/mol. The first-order valence-corrected chi connectivity index (χ1v) is 11.1. The number of aromatic nitrogens is 5. The third kappa shape index (κ3) is 4.63. The van der Waals surface area contributed by atoms with E-state index in [9.17, 15) is 0 Å². The second kappa shape index (κ2) is 9.57. The maximum atomic E-state index is 5.32. The second-order valence-corrected chi connectivity index (χ2v) is 8.08. The third-order valence-corrected chi connectivity index (χ3v) is 5.84. The topological polar surface area (TPSA) is 80.7 Å². The van der Waals surface area contributed by atoms with Gasteiger partial charge >= 0.3 is 0 Å². The first kappa shape index (κ1) is 22.0. The van der Waals surface area contributed by atoms with Crippen molar-refractivity contribution < 1.29 is 4.74 Å². The molecule has 2 aromatic carbocycles. The van der Waals surface area contributed by atoms with Crippen LogP contribution >= 0.6 is 0 Å². The van der Waals surface area contributed by atoms with Crippen molar-refractivity contribution in [2.75, 3.05) is 7.11 Å². The van der Waals surface area contributed by atoms with Gasteiger partial charge in [-0.3, -0.25) is 10.1 Å². The number of nitrogens with zero attached hydrogens (tertiary/aromatic N) is 4. The van der Waals surface area contributed by atoms with Crippen molar-refractivity contribution in [2.45, 2.75) is 6.04 Å². The van der Waals surface area contributed by atoms with E-state index >= 15 is 0 Å². The summed E-state index contributed by atoms with van der Waals surface area (Å²) >= 11 is 0. The molecule has 1 atom stereocenters. The predicted molar refractivity (Wildman–Crippen MR) is 137 cm³/mol. The Morgan fingerprint density at radius 2 is 1.80 bits per heavy atom. The summed E-state index contributed by atoms with van der Waals surface area (Å²) in [6.45, 7) is 4.32. The molecule has 0 bridgehead atoms. The van der Waals surface area contributed by atoms with Gasteiger partial charge in [-0.1, -0.05) is 24.8 Å². The van der Waals surface area contributed by atoms with Crippen molar-refractivity contribution >= 4 is 16.6 Å². The molecule has 35 heavy (non-hydrogen) atoms. The molecule has 0 saturated carbocycles. The molecule has 172 valence electrons. The lowest BCUT2D eigenvalue weighted by Crippen LogP contribution is -2.20. The Morgan fingerprint density at radius 3 is 2.51 bits per heavy atom. The van der Waals surface area contributed by atoms with Gasteiger partial charge in [0.25, 0.3) is 0 Å². The van der Waals surface area contributed by atoms with E-state index in [2.05, 4.69) is 56.0 Å². The highest BCUT2D eigenvalue weighted by Crippen LogP contribution is 2.27. The highest BCUT2D eigenvalue weighted by Gasteiger charge is 2.16. The molecule has 0 aliphatic carbocycles. The van der Waals surface area contributed by atoms with Crippen LogP contribution in [0.15, 0.2) is 86.1 Å². The van der Waals surface area contributed by atoms with Crippen molar-refractivity contribution in [3.05, 3.63) is 114 Å². The summed E-state index contributed by atoms with van der Waals surface area (Å²) < 4.78 is 7.19. The molecule has 2 N–H and O–H groups in total. The number of rotatable bonds is 6. The summed E-state index contributed by atoms with van der Waals surface area (Å²) in [6, 6.07) is 18.0. The van der Waals surface area contributed by atoms with Crippen LogP contribution in [0.25, 0.3) is 16.6 Å². The van der Waals surface area contributed by atoms with Crippen LogP contribution in [0.5, 0.6) is 5.75 Å². The molecule has 0 saturated heterocycles. The molecule has 5 aromatic rings. The predicted octanol–water partition coefficient (Wildman–Crippen LogP) is 4.45. The number of ether oxygens (including phenoxy) is 1. The third-order valence-electron chi connectivity index (χ3n) is 5.84. The number of nitrogens with one attached hydrogen (secondary N) is 2. The van der Waals surface area contributed by atoms with Crippen molar-refractivity contribution in [3.63, 3.8) is 0 Å². The first-order chi connectivity index (χ1) is 17.1. The van der Waals surface area contributed by atoms with Gasteiger partial charge in [0, 0.05) is 30.5 Å². The Bertz CT molecular complexity index is 1540. The van der Waals surface area contributed by atoms with Gasteiger partial charge in [0.2, 0.25) is 0 Å². The van der Waals surface area contributed by atoms with Crippen molar-refractivity contribution in [1.29, 1.82) is 0 Å². The number of aryl methyl sites for hydroxylation is 1. The van der Waals surface area contributed by atoms with E-state index in [1.54, 1.807) is 32.0 Å². The van der Waals surface area contributed by atoms with E-state index < -0.39 is 0 Å². The lowest BCUT2D eigenvalue weighted by Gasteiger charge is -2.23. The zero-order valence-corrected chi connectivity index (χ0v) is 19.5. The van der Waals surface area contributed by atoms with Gasteiger partial charge < -0.3 is 14.6 Å². The summed E-state index contributed by atoms with van der Waals surface area (Å²) in [5, 5.41) is 12.0. The lowest BCUT2D eigenvalue weighted by molar-refractivity contribution is 0.414. The maximum Gasteiger partial charge on any atom is 0.143 e. The molecule has 3 aromatic heterocycles. The lowest BCUT2D eigenvalue weighted by atomic mass is 9.98.